The zero-order chi connectivity index (χ0) is 13.2. The number of ketones is 1. The molecule has 0 fully saturated rings. The van der Waals surface area contributed by atoms with Gasteiger partial charge in [-0.25, -0.2) is 0 Å². The largest absolute Gasteiger partial charge is 0.496 e. The van der Waals surface area contributed by atoms with E-state index in [2.05, 4.69) is 0 Å². The smallest absolute Gasteiger partial charge is 0.417 e. The van der Waals surface area contributed by atoms with Gasteiger partial charge in [-0.05, 0) is 12.1 Å². The van der Waals surface area contributed by atoms with Crippen LogP contribution in [0.25, 0.3) is 0 Å². The maximum atomic E-state index is 12.6. The molecule has 0 unspecified atom stereocenters. The Balaban J connectivity index is 3.48. The van der Waals surface area contributed by atoms with Crippen LogP contribution in [0.4, 0.5) is 13.2 Å². The van der Waals surface area contributed by atoms with E-state index in [1.807, 2.05) is 0 Å². The Morgan fingerprint density at radius 3 is 2.41 bits per heavy atom. The van der Waals surface area contributed by atoms with Gasteiger partial charge in [-0.15, -0.1) is 11.6 Å². The van der Waals surface area contributed by atoms with Crippen LogP contribution >= 0.6 is 23.2 Å². The van der Waals surface area contributed by atoms with Crippen molar-refractivity contribution in [2.24, 2.45) is 0 Å². The zero-order valence-electron chi connectivity index (χ0n) is 8.57. The Bertz CT molecular complexity index is 444. The normalized spacial score (nSPS) is 11.4. The number of methoxy groups -OCH3 is 1. The highest BCUT2D eigenvalue weighted by molar-refractivity contribution is 6.38. The molecule has 0 saturated carbocycles. The van der Waals surface area contributed by atoms with E-state index in [9.17, 15) is 18.0 Å². The molecule has 0 bridgehead atoms. The molecule has 1 aromatic carbocycles. The molecule has 0 N–H and O–H groups in total. The van der Waals surface area contributed by atoms with Crippen molar-refractivity contribution < 1.29 is 22.7 Å². The lowest BCUT2D eigenvalue weighted by atomic mass is 10.1. The molecule has 0 aliphatic carbocycles. The number of hydrogen-bond donors (Lipinski definition) is 0. The predicted octanol–water partition coefficient (Wildman–Crippen LogP) is 3.79. The first kappa shape index (κ1) is 14.1. The predicted molar refractivity (Wildman–Crippen MR) is 58.1 cm³/mol. The molecule has 0 spiro atoms. The second-order valence-electron chi connectivity index (χ2n) is 3.06. The van der Waals surface area contributed by atoms with E-state index >= 15 is 0 Å². The van der Waals surface area contributed by atoms with Crippen LogP contribution < -0.4 is 4.74 Å². The van der Waals surface area contributed by atoms with Crippen LogP contribution in [-0.2, 0) is 6.18 Å². The third-order valence-corrected chi connectivity index (χ3v) is 2.66. The Labute approximate surface area is 105 Å². The minimum absolute atomic E-state index is 0.0337. The van der Waals surface area contributed by atoms with Crippen LogP contribution in [-0.4, -0.2) is 18.8 Å². The Kier molecular flexibility index (Phi) is 4.27. The van der Waals surface area contributed by atoms with Crippen molar-refractivity contribution in [3.05, 3.63) is 28.3 Å². The third-order valence-electron chi connectivity index (χ3n) is 2.03. The van der Waals surface area contributed by atoms with E-state index in [-0.39, 0.29) is 11.3 Å². The minimum atomic E-state index is -4.63. The number of hydrogen-bond acceptors (Lipinski definition) is 2. The molecule has 94 valence electrons. The van der Waals surface area contributed by atoms with Gasteiger partial charge < -0.3 is 4.74 Å². The number of benzene rings is 1. The van der Waals surface area contributed by atoms with E-state index in [0.717, 1.165) is 12.1 Å². The number of halogens is 5. The van der Waals surface area contributed by atoms with Crippen LogP contribution in [0.2, 0.25) is 5.02 Å². The topological polar surface area (TPSA) is 26.3 Å². The van der Waals surface area contributed by atoms with Gasteiger partial charge in [0.25, 0.3) is 0 Å². The molecule has 1 rings (SSSR count). The van der Waals surface area contributed by atoms with E-state index < -0.39 is 28.4 Å². The molecule has 17 heavy (non-hydrogen) atoms. The van der Waals surface area contributed by atoms with E-state index in [4.69, 9.17) is 27.9 Å². The molecule has 0 aliphatic rings. The molecule has 0 atom stereocenters. The fourth-order valence-corrected chi connectivity index (χ4v) is 1.78. The fourth-order valence-electron chi connectivity index (χ4n) is 1.27. The number of carbonyl (C=O) groups excluding carboxylic acids is 1. The summed E-state index contributed by atoms with van der Waals surface area (Å²) >= 11 is 10.9. The first-order valence-electron chi connectivity index (χ1n) is 4.35. The molecule has 0 radical (unpaired) electrons. The van der Waals surface area contributed by atoms with E-state index in [1.165, 1.54) is 7.11 Å². The Morgan fingerprint density at radius 2 is 2.00 bits per heavy atom. The van der Waals surface area contributed by atoms with Gasteiger partial charge in [-0.2, -0.15) is 13.2 Å². The lowest BCUT2D eigenvalue weighted by molar-refractivity contribution is -0.137. The molecule has 1 aromatic rings. The molecular formula is C10H7Cl2F3O2. The standard InChI is InChI=1S/C10H7Cl2F3O2/c1-17-7-3-2-5(10(13,14)15)9(12)8(7)6(16)4-11/h2-3H,4H2,1H3. The monoisotopic (exact) mass is 286 g/mol. The number of carbonyl (C=O) groups is 1. The highest BCUT2D eigenvalue weighted by atomic mass is 35.5. The van der Waals surface area contributed by atoms with Gasteiger partial charge in [-0.3, -0.25) is 4.79 Å². The van der Waals surface area contributed by atoms with Crippen molar-refractivity contribution in [2.75, 3.05) is 13.0 Å². The fraction of sp³-hybridized carbons (Fsp3) is 0.300. The third kappa shape index (κ3) is 2.84. The summed E-state index contributed by atoms with van der Waals surface area (Å²) in [5.74, 6) is -1.23. The molecule has 0 saturated heterocycles. The summed E-state index contributed by atoms with van der Waals surface area (Å²) in [6, 6.07) is 1.79. The van der Waals surface area contributed by atoms with Gasteiger partial charge in [0.2, 0.25) is 0 Å². The van der Waals surface area contributed by atoms with E-state index in [1.54, 1.807) is 0 Å². The van der Waals surface area contributed by atoms with Crippen LogP contribution in [0, 0.1) is 0 Å². The average Bonchev–Trinajstić information content (AvgIpc) is 2.25. The summed E-state index contributed by atoms with van der Waals surface area (Å²) in [5, 5.41) is -0.692. The Hall–Kier alpha value is -0.940. The maximum absolute atomic E-state index is 12.6. The van der Waals surface area contributed by atoms with Gasteiger partial charge in [0.15, 0.2) is 5.78 Å². The quantitative estimate of drug-likeness (QED) is 0.624. The lowest BCUT2D eigenvalue weighted by Crippen LogP contribution is -2.11. The van der Waals surface area contributed by atoms with Crippen molar-refractivity contribution in [3.8, 4) is 5.75 Å². The van der Waals surface area contributed by atoms with Gasteiger partial charge in [0.1, 0.15) is 5.75 Å². The summed E-state index contributed by atoms with van der Waals surface area (Å²) in [6.45, 7) is 0. The van der Waals surface area contributed by atoms with Crippen LogP contribution in [0.15, 0.2) is 12.1 Å². The SMILES string of the molecule is COc1ccc(C(F)(F)F)c(Cl)c1C(=O)CCl. The number of alkyl halides is 4. The first-order valence-corrected chi connectivity index (χ1v) is 5.27. The molecule has 0 aliphatic heterocycles. The highest BCUT2D eigenvalue weighted by Gasteiger charge is 2.35. The van der Waals surface area contributed by atoms with Crippen molar-refractivity contribution in [2.45, 2.75) is 6.18 Å². The molecule has 7 heteroatoms. The van der Waals surface area contributed by atoms with Crippen LogP contribution in [0.1, 0.15) is 15.9 Å². The van der Waals surface area contributed by atoms with Crippen molar-refractivity contribution >= 4 is 29.0 Å². The second kappa shape index (κ2) is 5.14. The summed E-state index contributed by atoms with van der Waals surface area (Å²) in [4.78, 5) is 11.4. The molecule has 2 nitrogen and oxygen atoms in total. The minimum Gasteiger partial charge on any atom is -0.496 e. The molecular weight excluding hydrogens is 280 g/mol. The summed E-state index contributed by atoms with van der Waals surface area (Å²) in [7, 11) is 1.23. The highest BCUT2D eigenvalue weighted by Crippen LogP contribution is 2.39. The van der Waals surface area contributed by atoms with Gasteiger partial charge >= 0.3 is 6.18 Å². The molecule has 0 heterocycles. The lowest BCUT2D eigenvalue weighted by Gasteiger charge is -2.14. The van der Waals surface area contributed by atoms with Crippen molar-refractivity contribution in [1.82, 2.24) is 0 Å². The van der Waals surface area contributed by atoms with Crippen LogP contribution in [0.3, 0.4) is 0 Å². The summed E-state index contributed by atoms with van der Waals surface area (Å²) in [5.41, 5.74) is -1.44. The summed E-state index contributed by atoms with van der Waals surface area (Å²) in [6.07, 6.45) is -4.63. The Morgan fingerprint density at radius 1 is 1.41 bits per heavy atom. The number of rotatable bonds is 3. The van der Waals surface area contributed by atoms with Crippen LogP contribution in [0.5, 0.6) is 5.75 Å². The first-order chi connectivity index (χ1) is 7.82. The van der Waals surface area contributed by atoms with Gasteiger partial charge in [0.05, 0.1) is 29.1 Å². The second-order valence-corrected chi connectivity index (χ2v) is 3.70. The van der Waals surface area contributed by atoms with Crippen molar-refractivity contribution in [3.63, 3.8) is 0 Å². The maximum Gasteiger partial charge on any atom is 0.417 e. The average molecular weight is 287 g/mol. The van der Waals surface area contributed by atoms with Gasteiger partial charge in [0, 0.05) is 0 Å². The number of ether oxygens (including phenoxy) is 1. The van der Waals surface area contributed by atoms with Crippen molar-refractivity contribution in [1.29, 1.82) is 0 Å². The molecule has 0 amide bonds. The number of Topliss-reactive ketones (excluding diaryl/α,β-unsaturated/α-hetero) is 1. The summed E-state index contributed by atoms with van der Waals surface area (Å²) < 4.78 is 42.5. The van der Waals surface area contributed by atoms with E-state index in [0.29, 0.717) is 0 Å². The van der Waals surface area contributed by atoms with Gasteiger partial charge in [-0.1, -0.05) is 11.6 Å². The zero-order valence-corrected chi connectivity index (χ0v) is 10.1. The molecule has 0 aromatic heterocycles.